The van der Waals surface area contributed by atoms with Gasteiger partial charge in [0.2, 0.25) is 0 Å². The van der Waals surface area contributed by atoms with Crippen LogP contribution in [0.15, 0.2) is 0 Å². The Morgan fingerprint density at radius 2 is 1.15 bits per heavy atom. The number of carbonyl (C=O) groups is 1. The van der Waals surface area contributed by atoms with Crippen molar-refractivity contribution in [2.24, 2.45) is 0 Å². The van der Waals surface area contributed by atoms with Gasteiger partial charge in [0.05, 0.1) is 0 Å². The van der Waals surface area contributed by atoms with E-state index in [0.717, 1.165) is 26.2 Å². The van der Waals surface area contributed by atoms with Gasteiger partial charge in [0.1, 0.15) is 16.9 Å². The molecular weight excluding hydrogens is 426 g/mol. The van der Waals surface area contributed by atoms with Crippen molar-refractivity contribution in [2.45, 2.75) is 91.1 Å². The third-order valence-electron chi connectivity index (χ3n) is 6.78. The van der Waals surface area contributed by atoms with Crippen molar-refractivity contribution in [1.82, 2.24) is 20.0 Å². The molecule has 2 saturated heterocycles. The van der Waals surface area contributed by atoms with E-state index in [1.807, 2.05) is 48.5 Å². The number of nitrogens with zero attached hydrogens (tertiary/aromatic N) is 3. The molecule has 2 aliphatic rings. The number of rotatable bonds is 8. The first kappa shape index (κ1) is 30.0. The summed E-state index contributed by atoms with van der Waals surface area (Å²) in [6.45, 7) is 20.9. The van der Waals surface area contributed by atoms with Gasteiger partial charge in [-0.15, -0.1) is 0 Å². The molecule has 1 amide bonds. The van der Waals surface area contributed by atoms with Crippen LogP contribution >= 0.6 is 0 Å². The molecule has 2 heterocycles. The lowest BCUT2D eigenvalue weighted by Crippen LogP contribution is -2.52. The predicted molar refractivity (Wildman–Crippen MR) is 132 cm³/mol. The van der Waals surface area contributed by atoms with E-state index in [4.69, 9.17) is 4.74 Å². The van der Waals surface area contributed by atoms with Crippen LogP contribution in [0.5, 0.6) is 0 Å². The molecule has 2 rings (SSSR count). The average molecular weight is 477 g/mol. The van der Waals surface area contributed by atoms with Gasteiger partial charge >= 0.3 is 6.09 Å². The molecule has 0 bridgehead atoms. The van der Waals surface area contributed by atoms with Crippen LogP contribution in [0.1, 0.15) is 74.1 Å². The van der Waals surface area contributed by atoms with Crippen LogP contribution in [0.4, 0.5) is 13.6 Å². The smallest absolute Gasteiger partial charge is 0.410 e. The molecule has 0 aromatic heterocycles. The normalized spacial score (nSPS) is 19.1. The van der Waals surface area contributed by atoms with Gasteiger partial charge in [0.25, 0.3) is 0 Å². The van der Waals surface area contributed by atoms with Crippen LogP contribution < -0.4 is 5.32 Å². The van der Waals surface area contributed by atoms with Crippen LogP contribution in [0.25, 0.3) is 0 Å². The Kier molecular flexibility index (Phi) is 12.5. The molecule has 0 aromatic carbocycles. The van der Waals surface area contributed by atoms with Crippen molar-refractivity contribution in [3.63, 3.8) is 0 Å². The van der Waals surface area contributed by atoms with Gasteiger partial charge in [-0.25, -0.2) is 13.6 Å². The fraction of sp³-hybridized carbons (Fsp3) is 0.960. The lowest BCUT2D eigenvalue weighted by atomic mass is 9.98. The van der Waals surface area contributed by atoms with Crippen LogP contribution in [-0.4, -0.2) is 103 Å². The van der Waals surface area contributed by atoms with Gasteiger partial charge in [0.15, 0.2) is 0 Å². The average Bonchev–Trinajstić information content (AvgIpc) is 2.79. The minimum absolute atomic E-state index is 0.269. The number of halogens is 2. The quantitative estimate of drug-likeness (QED) is 0.559. The predicted octanol–water partition coefficient (Wildman–Crippen LogP) is 4.49. The molecule has 33 heavy (non-hydrogen) atoms. The number of amides is 1. The Morgan fingerprint density at radius 3 is 1.52 bits per heavy atom. The summed E-state index contributed by atoms with van der Waals surface area (Å²) in [5.41, 5.74) is -2.53. The van der Waals surface area contributed by atoms with Crippen LogP contribution in [-0.2, 0) is 4.74 Å². The van der Waals surface area contributed by atoms with E-state index < -0.39 is 16.9 Å². The second-order valence-electron chi connectivity index (χ2n) is 10.5. The van der Waals surface area contributed by atoms with E-state index in [2.05, 4.69) is 15.1 Å². The SMILES string of the molecule is CCC(F)(CC)CN1CCN(C(=O)OC(C)(C)C)CC1.CCC(F)(CC)CN1CCNCC1. The molecule has 0 atom stereocenters. The summed E-state index contributed by atoms with van der Waals surface area (Å²) < 4.78 is 33.7. The highest BCUT2D eigenvalue weighted by Gasteiger charge is 2.32. The molecule has 196 valence electrons. The molecule has 2 aliphatic heterocycles. The second-order valence-corrected chi connectivity index (χ2v) is 10.5. The van der Waals surface area contributed by atoms with E-state index in [1.165, 1.54) is 0 Å². The molecule has 0 radical (unpaired) electrons. The number of piperazine rings is 2. The molecular formula is C25H50F2N4O2. The molecule has 0 aliphatic carbocycles. The van der Waals surface area contributed by atoms with E-state index in [1.54, 1.807) is 4.90 Å². The molecule has 6 nitrogen and oxygen atoms in total. The molecule has 0 aromatic rings. The van der Waals surface area contributed by atoms with Crippen molar-refractivity contribution < 1.29 is 18.3 Å². The van der Waals surface area contributed by atoms with Gasteiger partial charge in [-0.2, -0.15) is 0 Å². The first-order valence-electron chi connectivity index (χ1n) is 12.9. The molecule has 0 spiro atoms. The summed E-state index contributed by atoms with van der Waals surface area (Å²) in [6.07, 6.45) is 2.07. The summed E-state index contributed by atoms with van der Waals surface area (Å²) in [4.78, 5) is 18.0. The zero-order valence-corrected chi connectivity index (χ0v) is 22.3. The summed E-state index contributed by atoms with van der Waals surface area (Å²) >= 11 is 0. The van der Waals surface area contributed by atoms with Gasteiger partial charge in [-0.05, 0) is 46.5 Å². The summed E-state index contributed by atoms with van der Waals surface area (Å²) in [6, 6.07) is 0. The summed E-state index contributed by atoms with van der Waals surface area (Å²) in [5, 5.41) is 3.27. The van der Waals surface area contributed by atoms with E-state index in [9.17, 15) is 13.6 Å². The number of hydrogen-bond acceptors (Lipinski definition) is 5. The zero-order valence-electron chi connectivity index (χ0n) is 22.3. The van der Waals surface area contributed by atoms with Gasteiger partial charge in [-0.1, -0.05) is 27.7 Å². The van der Waals surface area contributed by atoms with E-state index in [-0.39, 0.29) is 6.09 Å². The van der Waals surface area contributed by atoms with Gasteiger partial charge in [0, 0.05) is 65.4 Å². The number of alkyl halides is 2. The maximum atomic E-state index is 14.4. The molecule has 8 heteroatoms. The minimum Gasteiger partial charge on any atom is -0.444 e. The number of hydrogen-bond donors (Lipinski definition) is 1. The Morgan fingerprint density at radius 1 is 0.758 bits per heavy atom. The summed E-state index contributed by atoms with van der Waals surface area (Å²) in [5.74, 6) is 0. The monoisotopic (exact) mass is 476 g/mol. The maximum Gasteiger partial charge on any atom is 0.410 e. The van der Waals surface area contributed by atoms with Crippen molar-refractivity contribution in [3.8, 4) is 0 Å². The first-order valence-corrected chi connectivity index (χ1v) is 12.9. The molecule has 1 N–H and O–H groups in total. The lowest BCUT2D eigenvalue weighted by molar-refractivity contribution is 0.00666. The van der Waals surface area contributed by atoms with E-state index >= 15 is 0 Å². The Balaban J connectivity index is 0.000000361. The highest BCUT2D eigenvalue weighted by atomic mass is 19.1. The van der Waals surface area contributed by atoms with Crippen LogP contribution in [0, 0.1) is 0 Å². The minimum atomic E-state index is -1.10. The zero-order chi connectivity index (χ0) is 25.1. The Labute approximate surface area is 201 Å². The van der Waals surface area contributed by atoms with Crippen molar-refractivity contribution in [3.05, 3.63) is 0 Å². The van der Waals surface area contributed by atoms with Crippen LogP contribution in [0.3, 0.4) is 0 Å². The highest BCUT2D eigenvalue weighted by molar-refractivity contribution is 5.68. The number of nitrogens with one attached hydrogen (secondary N) is 1. The second kappa shape index (κ2) is 13.8. The fourth-order valence-corrected chi connectivity index (χ4v) is 4.03. The van der Waals surface area contributed by atoms with Gasteiger partial charge < -0.3 is 15.0 Å². The van der Waals surface area contributed by atoms with Crippen molar-refractivity contribution in [1.29, 1.82) is 0 Å². The van der Waals surface area contributed by atoms with E-state index in [0.29, 0.717) is 65.0 Å². The Bertz CT molecular complexity index is 549. The number of ether oxygens (including phenoxy) is 1. The topological polar surface area (TPSA) is 48.1 Å². The number of carbonyl (C=O) groups excluding carboxylic acids is 1. The van der Waals surface area contributed by atoms with Crippen molar-refractivity contribution in [2.75, 3.05) is 65.4 Å². The summed E-state index contributed by atoms with van der Waals surface area (Å²) in [7, 11) is 0. The fourth-order valence-electron chi connectivity index (χ4n) is 4.03. The maximum absolute atomic E-state index is 14.4. The highest BCUT2D eigenvalue weighted by Crippen LogP contribution is 2.23. The third kappa shape index (κ3) is 11.3. The Hall–Kier alpha value is -0.990. The third-order valence-corrected chi connectivity index (χ3v) is 6.78. The lowest BCUT2D eigenvalue weighted by Gasteiger charge is -2.38. The van der Waals surface area contributed by atoms with Crippen LogP contribution in [0.2, 0.25) is 0 Å². The molecule has 0 saturated carbocycles. The molecule has 2 fully saturated rings. The van der Waals surface area contributed by atoms with Gasteiger partial charge in [-0.3, -0.25) is 9.80 Å². The molecule has 0 unspecified atom stereocenters. The standard InChI is InChI=1S/C15H29FN2O2.C10H21FN2/c1-6-15(16,7-2)12-17-8-10-18(11-9-17)13(19)20-14(3,4)5;1-3-10(11,4-2)9-13-7-5-12-6-8-13/h6-12H2,1-5H3;12H,3-9H2,1-2H3. The largest absolute Gasteiger partial charge is 0.444 e. The van der Waals surface area contributed by atoms with Crippen molar-refractivity contribution >= 4 is 6.09 Å². The first-order chi connectivity index (χ1) is 15.4.